The highest BCUT2D eigenvalue weighted by Gasteiger charge is 2.20. The molecule has 33 heavy (non-hydrogen) atoms. The number of aliphatic hydroxyl groups excluding tert-OH is 1. The normalized spacial score (nSPS) is 11.6. The Bertz CT molecular complexity index is 896. The molecule has 0 saturated heterocycles. The van der Waals surface area contributed by atoms with Crippen molar-refractivity contribution in [1.82, 2.24) is 5.32 Å². The summed E-state index contributed by atoms with van der Waals surface area (Å²) in [5.74, 6) is -1.25. The summed E-state index contributed by atoms with van der Waals surface area (Å²) in [6.07, 6.45) is -0.606. The molecule has 4 N–H and O–H groups in total. The van der Waals surface area contributed by atoms with Gasteiger partial charge >= 0.3 is 11.9 Å². The van der Waals surface area contributed by atoms with Crippen LogP contribution in [0.2, 0.25) is 0 Å². The van der Waals surface area contributed by atoms with E-state index in [1.807, 2.05) is 42.5 Å². The van der Waals surface area contributed by atoms with Gasteiger partial charge in [-0.15, -0.1) is 0 Å². The Morgan fingerprint density at radius 3 is 2.12 bits per heavy atom. The predicted molar refractivity (Wildman–Crippen MR) is 123 cm³/mol. The molecule has 1 unspecified atom stereocenters. The first-order chi connectivity index (χ1) is 15.5. The van der Waals surface area contributed by atoms with Crippen LogP contribution in [0.4, 0.5) is 0 Å². The molecule has 0 aliphatic heterocycles. The van der Waals surface area contributed by atoms with E-state index in [2.05, 4.69) is 26.1 Å². The van der Waals surface area contributed by atoms with Crippen molar-refractivity contribution in [1.29, 1.82) is 0 Å². The number of carbonyl (C=O) groups is 2. The highest BCUT2D eigenvalue weighted by atomic mass is 16.5. The highest BCUT2D eigenvalue weighted by Crippen LogP contribution is 2.34. The standard InChI is InChI=1S/C22H31NO4.C2H2O4/c1-22(2,3)20-12-19(26-5)9-10-21(20)27-15-17(24)14-23-13-16-7-6-8-18(11-16)25-4;3-1(4)2(5)6/h6-12,17,23-24H,13-15H2,1-5H3;(H,3,4)(H,5,6). The first-order valence-electron chi connectivity index (χ1n) is 10.3. The number of ether oxygens (including phenoxy) is 3. The molecule has 0 heterocycles. The lowest BCUT2D eigenvalue weighted by Crippen LogP contribution is -2.31. The van der Waals surface area contributed by atoms with Gasteiger partial charge in [-0.3, -0.25) is 0 Å². The Morgan fingerprint density at radius 2 is 1.58 bits per heavy atom. The van der Waals surface area contributed by atoms with Gasteiger partial charge in [0.25, 0.3) is 0 Å². The summed E-state index contributed by atoms with van der Waals surface area (Å²) in [5.41, 5.74) is 2.07. The summed E-state index contributed by atoms with van der Waals surface area (Å²) in [7, 11) is 3.30. The van der Waals surface area contributed by atoms with Crippen molar-refractivity contribution in [2.75, 3.05) is 27.4 Å². The van der Waals surface area contributed by atoms with Crippen molar-refractivity contribution in [3.8, 4) is 17.2 Å². The molecular weight excluding hydrogens is 430 g/mol. The third kappa shape index (κ3) is 10.2. The third-order valence-electron chi connectivity index (χ3n) is 4.45. The van der Waals surface area contributed by atoms with Crippen molar-refractivity contribution in [3.63, 3.8) is 0 Å². The van der Waals surface area contributed by atoms with E-state index in [9.17, 15) is 5.11 Å². The molecule has 0 bridgehead atoms. The van der Waals surface area contributed by atoms with Crippen LogP contribution in [0.15, 0.2) is 42.5 Å². The molecule has 2 aromatic rings. The van der Waals surface area contributed by atoms with Crippen molar-refractivity contribution in [2.45, 2.75) is 38.8 Å². The number of nitrogens with one attached hydrogen (secondary N) is 1. The Kier molecular flexibility index (Phi) is 11.2. The highest BCUT2D eigenvalue weighted by molar-refractivity contribution is 6.27. The quantitative estimate of drug-likeness (QED) is 0.414. The van der Waals surface area contributed by atoms with Gasteiger partial charge in [0, 0.05) is 18.7 Å². The van der Waals surface area contributed by atoms with E-state index in [0.717, 1.165) is 28.4 Å². The Hall–Kier alpha value is -3.30. The summed E-state index contributed by atoms with van der Waals surface area (Å²) < 4.78 is 16.4. The van der Waals surface area contributed by atoms with E-state index in [4.69, 9.17) is 34.0 Å². The fourth-order valence-corrected chi connectivity index (χ4v) is 2.76. The number of aliphatic hydroxyl groups is 1. The zero-order valence-electron chi connectivity index (χ0n) is 19.6. The number of carboxylic acid groups (broad SMARTS) is 2. The summed E-state index contributed by atoms with van der Waals surface area (Å²) in [6.45, 7) is 7.70. The first kappa shape index (κ1) is 27.7. The molecule has 182 valence electrons. The predicted octanol–water partition coefficient (Wildman–Crippen LogP) is 2.69. The lowest BCUT2D eigenvalue weighted by atomic mass is 9.86. The van der Waals surface area contributed by atoms with E-state index >= 15 is 0 Å². The van der Waals surface area contributed by atoms with Crippen LogP contribution < -0.4 is 19.5 Å². The molecular formula is C24H33NO8. The van der Waals surface area contributed by atoms with Gasteiger partial charge in [0.15, 0.2) is 0 Å². The molecule has 9 nitrogen and oxygen atoms in total. The van der Waals surface area contributed by atoms with Gasteiger partial charge in [0.05, 0.1) is 14.2 Å². The van der Waals surface area contributed by atoms with Crippen LogP contribution in [0.3, 0.4) is 0 Å². The minimum Gasteiger partial charge on any atom is -0.497 e. The molecule has 0 aromatic heterocycles. The van der Waals surface area contributed by atoms with Gasteiger partial charge in [0.1, 0.15) is 30.0 Å². The zero-order chi connectivity index (χ0) is 25.0. The lowest BCUT2D eigenvalue weighted by molar-refractivity contribution is -0.159. The summed E-state index contributed by atoms with van der Waals surface area (Å²) in [4.78, 5) is 18.2. The van der Waals surface area contributed by atoms with Crippen LogP contribution in [0.5, 0.6) is 17.2 Å². The van der Waals surface area contributed by atoms with Crippen LogP contribution >= 0.6 is 0 Å². The third-order valence-corrected chi connectivity index (χ3v) is 4.45. The zero-order valence-corrected chi connectivity index (χ0v) is 19.6. The maximum Gasteiger partial charge on any atom is 0.414 e. The Balaban J connectivity index is 0.000000801. The van der Waals surface area contributed by atoms with Crippen LogP contribution in [0, 0.1) is 0 Å². The second kappa shape index (κ2) is 13.3. The van der Waals surface area contributed by atoms with Crippen molar-refractivity contribution in [2.24, 2.45) is 0 Å². The van der Waals surface area contributed by atoms with Crippen LogP contribution in [-0.2, 0) is 21.5 Å². The van der Waals surface area contributed by atoms with Crippen molar-refractivity contribution < 1.29 is 39.1 Å². The van der Waals surface area contributed by atoms with Crippen molar-refractivity contribution in [3.05, 3.63) is 53.6 Å². The monoisotopic (exact) mass is 463 g/mol. The van der Waals surface area contributed by atoms with Gasteiger partial charge in [0.2, 0.25) is 0 Å². The van der Waals surface area contributed by atoms with Crippen molar-refractivity contribution >= 4 is 11.9 Å². The lowest BCUT2D eigenvalue weighted by Gasteiger charge is -2.24. The van der Waals surface area contributed by atoms with Gasteiger partial charge in [-0.1, -0.05) is 32.9 Å². The smallest absolute Gasteiger partial charge is 0.414 e. The molecule has 0 spiro atoms. The summed E-state index contributed by atoms with van der Waals surface area (Å²) in [5, 5.41) is 28.3. The molecule has 1 atom stereocenters. The fourth-order valence-electron chi connectivity index (χ4n) is 2.76. The van der Waals surface area contributed by atoms with E-state index in [1.54, 1.807) is 14.2 Å². The molecule has 0 fully saturated rings. The van der Waals surface area contributed by atoms with Gasteiger partial charge in [-0.05, 0) is 41.3 Å². The maximum absolute atomic E-state index is 10.2. The van der Waals surface area contributed by atoms with E-state index < -0.39 is 18.0 Å². The minimum absolute atomic E-state index is 0.0839. The summed E-state index contributed by atoms with van der Waals surface area (Å²) in [6, 6.07) is 13.6. The average Bonchev–Trinajstić information content (AvgIpc) is 2.77. The first-order valence-corrected chi connectivity index (χ1v) is 10.3. The van der Waals surface area contributed by atoms with Gasteiger partial charge in [-0.2, -0.15) is 0 Å². The fraction of sp³-hybridized carbons (Fsp3) is 0.417. The largest absolute Gasteiger partial charge is 0.497 e. The number of benzene rings is 2. The minimum atomic E-state index is -1.82. The second-order valence-electron chi connectivity index (χ2n) is 8.17. The SMILES string of the molecule is COc1cccc(CNCC(O)COc2ccc(OC)cc2C(C)(C)C)c1.O=C(O)C(=O)O. The van der Waals surface area contributed by atoms with E-state index in [0.29, 0.717) is 13.1 Å². The Labute approximate surface area is 193 Å². The number of methoxy groups -OCH3 is 2. The van der Waals surface area contributed by atoms with Gasteiger partial charge < -0.3 is 34.8 Å². The van der Waals surface area contributed by atoms with Crippen LogP contribution in [0.1, 0.15) is 31.9 Å². The second-order valence-corrected chi connectivity index (χ2v) is 8.17. The molecule has 0 aliphatic rings. The molecule has 0 saturated carbocycles. The molecule has 9 heteroatoms. The number of rotatable bonds is 9. The maximum atomic E-state index is 10.2. The summed E-state index contributed by atoms with van der Waals surface area (Å²) >= 11 is 0. The topological polar surface area (TPSA) is 135 Å². The number of hydrogen-bond acceptors (Lipinski definition) is 7. The van der Waals surface area contributed by atoms with Crippen LogP contribution in [-0.4, -0.2) is 60.7 Å². The molecule has 0 amide bonds. The Morgan fingerprint density at radius 1 is 0.970 bits per heavy atom. The van der Waals surface area contributed by atoms with Crippen LogP contribution in [0.25, 0.3) is 0 Å². The van der Waals surface area contributed by atoms with E-state index in [-0.39, 0.29) is 12.0 Å². The average molecular weight is 464 g/mol. The molecule has 2 aromatic carbocycles. The molecule has 2 rings (SSSR count). The number of carboxylic acids is 2. The number of hydrogen-bond donors (Lipinski definition) is 4. The number of aliphatic carboxylic acids is 2. The van der Waals surface area contributed by atoms with E-state index in [1.165, 1.54) is 0 Å². The molecule has 0 radical (unpaired) electrons. The van der Waals surface area contributed by atoms with Gasteiger partial charge in [-0.25, -0.2) is 9.59 Å². The molecule has 0 aliphatic carbocycles.